The van der Waals surface area contributed by atoms with Crippen LogP contribution in [-0.2, 0) is 23.9 Å². The zero-order valence-electron chi connectivity index (χ0n) is 29.2. The second-order valence-corrected chi connectivity index (χ2v) is 15.0. The Balaban J connectivity index is 0.000000717. The highest BCUT2D eigenvalue weighted by Gasteiger charge is 2.44. The van der Waals surface area contributed by atoms with Crippen LogP contribution in [0.15, 0.2) is 18.2 Å². The Kier molecular flexibility index (Phi) is 11.4. The Bertz CT molecular complexity index is 1260. The number of rotatable bonds is 8. The van der Waals surface area contributed by atoms with Crippen molar-refractivity contribution in [2.75, 3.05) is 43.2 Å². The predicted molar refractivity (Wildman–Crippen MR) is 178 cm³/mol. The maximum Gasteiger partial charge on any atom is 0.410 e. The van der Waals surface area contributed by atoms with Gasteiger partial charge in [0.1, 0.15) is 17.1 Å². The summed E-state index contributed by atoms with van der Waals surface area (Å²) in [6.45, 7) is 14.1. The maximum absolute atomic E-state index is 14.1. The number of carbonyl (C=O) groups excluding carboxylic acids is 4. The summed E-state index contributed by atoms with van der Waals surface area (Å²) in [6.07, 6.45) is 8.18. The van der Waals surface area contributed by atoms with E-state index < -0.39 is 29.1 Å². The molecule has 5 rings (SSSR count). The minimum Gasteiger partial charge on any atom is -0.476 e. The molecule has 1 saturated heterocycles. The summed E-state index contributed by atoms with van der Waals surface area (Å²) >= 11 is 0. The molecular formula is C36H55N3O7. The summed E-state index contributed by atoms with van der Waals surface area (Å²) in [7, 11) is 1.63. The van der Waals surface area contributed by atoms with Crippen molar-refractivity contribution in [1.29, 1.82) is 0 Å². The first kappa shape index (κ1) is 35.7. The number of hydrogen-bond acceptors (Lipinski definition) is 7. The summed E-state index contributed by atoms with van der Waals surface area (Å²) in [5.41, 5.74) is -0.404. The number of fused-ring (bicyclic) bond motifs is 1. The van der Waals surface area contributed by atoms with Gasteiger partial charge in [-0.3, -0.25) is 14.4 Å². The van der Waals surface area contributed by atoms with Crippen LogP contribution < -0.4 is 14.5 Å². The second kappa shape index (κ2) is 14.7. The molecule has 3 amide bonds. The molecule has 0 N–H and O–H groups in total. The van der Waals surface area contributed by atoms with E-state index in [4.69, 9.17) is 14.2 Å². The summed E-state index contributed by atoms with van der Waals surface area (Å²) in [4.78, 5) is 57.8. The smallest absolute Gasteiger partial charge is 0.410 e. The van der Waals surface area contributed by atoms with Crippen molar-refractivity contribution in [1.82, 2.24) is 4.90 Å². The summed E-state index contributed by atoms with van der Waals surface area (Å²) in [5.74, 6) is 0.302. The van der Waals surface area contributed by atoms with Gasteiger partial charge in [0.2, 0.25) is 5.91 Å². The van der Waals surface area contributed by atoms with Gasteiger partial charge in [-0.15, -0.1) is 0 Å². The van der Waals surface area contributed by atoms with Gasteiger partial charge in [0.05, 0.1) is 11.6 Å². The molecule has 2 atom stereocenters. The second-order valence-electron chi connectivity index (χ2n) is 15.0. The lowest BCUT2D eigenvalue weighted by Crippen LogP contribution is -2.53. The monoisotopic (exact) mass is 641 g/mol. The van der Waals surface area contributed by atoms with Crippen LogP contribution in [0.1, 0.15) is 99.8 Å². The third kappa shape index (κ3) is 9.02. The zero-order valence-corrected chi connectivity index (χ0v) is 29.2. The molecule has 2 aliphatic heterocycles. The van der Waals surface area contributed by atoms with Crippen molar-refractivity contribution in [2.24, 2.45) is 17.8 Å². The maximum atomic E-state index is 14.1. The van der Waals surface area contributed by atoms with Gasteiger partial charge in [-0.25, -0.2) is 4.79 Å². The van der Waals surface area contributed by atoms with E-state index in [0.717, 1.165) is 18.8 Å². The molecule has 0 bridgehead atoms. The number of amides is 3. The number of benzene rings is 1. The SMILES string of the molecule is CC1CCCC1.COCCCN1C(=O)C(C)(C)Oc2ccc(N(C(=O)C3CC(C(C)=O)CN(C(=O)OC(C)(C)C)C3)C3CC3)cc21. The van der Waals surface area contributed by atoms with E-state index in [1.165, 1.54) is 37.5 Å². The molecule has 2 unspecified atom stereocenters. The lowest BCUT2D eigenvalue weighted by atomic mass is 9.86. The van der Waals surface area contributed by atoms with Gasteiger partial charge in [-0.05, 0) is 91.3 Å². The summed E-state index contributed by atoms with van der Waals surface area (Å²) < 4.78 is 16.8. The molecule has 46 heavy (non-hydrogen) atoms. The van der Waals surface area contributed by atoms with Crippen molar-refractivity contribution < 1.29 is 33.4 Å². The molecule has 0 aromatic heterocycles. The fourth-order valence-corrected chi connectivity index (χ4v) is 6.52. The number of ketones is 1. The Hall–Kier alpha value is -3.14. The third-order valence-corrected chi connectivity index (χ3v) is 9.19. The number of methoxy groups -OCH3 is 1. The van der Waals surface area contributed by atoms with Crippen molar-refractivity contribution in [3.63, 3.8) is 0 Å². The molecule has 0 spiro atoms. The van der Waals surface area contributed by atoms with E-state index in [0.29, 0.717) is 43.1 Å². The molecule has 10 nitrogen and oxygen atoms in total. The predicted octanol–water partition coefficient (Wildman–Crippen LogP) is 6.38. The Labute approximate surface area is 275 Å². The van der Waals surface area contributed by atoms with Crippen LogP contribution in [0.25, 0.3) is 0 Å². The van der Waals surface area contributed by atoms with Gasteiger partial charge in [0.25, 0.3) is 5.91 Å². The van der Waals surface area contributed by atoms with Gasteiger partial charge < -0.3 is 28.9 Å². The first-order valence-electron chi connectivity index (χ1n) is 17.1. The van der Waals surface area contributed by atoms with E-state index in [9.17, 15) is 19.2 Å². The molecule has 0 radical (unpaired) electrons. The fraction of sp³-hybridized carbons (Fsp3) is 0.722. The van der Waals surface area contributed by atoms with Crippen LogP contribution in [0.2, 0.25) is 0 Å². The average molecular weight is 642 g/mol. The molecule has 1 aromatic carbocycles. The minimum atomic E-state index is -1.01. The van der Waals surface area contributed by atoms with Crippen LogP contribution >= 0.6 is 0 Å². The quantitative estimate of drug-likeness (QED) is 0.303. The molecule has 2 heterocycles. The van der Waals surface area contributed by atoms with Gasteiger partial charge >= 0.3 is 6.09 Å². The van der Waals surface area contributed by atoms with Crippen molar-refractivity contribution in [3.05, 3.63) is 18.2 Å². The van der Waals surface area contributed by atoms with Crippen molar-refractivity contribution in [2.45, 2.75) is 117 Å². The number of hydrogen-bond donors (Lipinski definition) is 0. The van der Waals surface area contributed by atoms with Gasteiger partial charge in [0.15, 0.2) is 5.60 Å². The molecule has 256 valence electrons. The fourth-order valence-electron chi connectivity index (χ4n) is 6.52. The largest absolute Gasteiger partial charge is 0.476 e. The van der Waals surface area contributed by atoms with Crippen molar-refractivity contribution >= 4 is 35.1 Å². The van der Waals surface area contributed by atoms with Crippen molar-refractivity contribution in [3.8, 4) is 5.75 Å². The van der Waals surface area contributed by atoms with Crippen LogP contribution in [0.4, 0.5) is 16.2 Å². The highest BCUT2D eigenvalue weighted by molar-refractivity contribution is 6.04. The Morgan fingerprint density at radius 1 is 1.04 bits per heavy atom. The number of Topliss-reactive ketones (excluding diaryl/α,β-unsaturated/α-hetero) is 1. The molecule has 2 saturated carbocycles. The Morgan fingerprint density at radius 2 is 1.70 bits per heavy atom. The highest BCUT2D eigenvalue weighted by atomic mass is 16.6. The third-order valence-electron chi connectivity index (χ3n) is 9.19. The number of ether oxygens (including phenoxy) is 3. The minimum absolute atomic E-state index is 0.0248. The first-order chi connectivity index (χ1) is 21.6. The molecule has 10 heteroatoms. The van der Waals surface area contributed by atoms with Gasteiger partial charge in [0, 0.05) is 51.0 Å². The summed E-state index contributed by atoms with van der Waals surface area (Å²) in [5, 5.41) is 0. The number of nitrogens with zero attached hydrogens (tertiary/aromatic N) is 3. The van der Waals surface area contributed by atoms with Crippen LogP contribution in [0.3, 0.4) is 0 Å². The molecular weight excluding hydrogens is 586 g/mol. The van der Waals surface area contributed by atoms with E-state index in [2.05, 4.69) is 6.92 Å². The van der Waals surface area contributed by atoms with E-state index in [-0.39, 0.29) is 36.7 Å². The Morgan fingerprint density at radius 3 is 2.24 bits per heavy atom. The van der Waals surface area contributed by atoms with Crippen LogP contribution in [0.5, 0.6) is 5.75 Å². The normalized spacial score (nSPS) is 22.7. The number of carbonyl (C=O) groups is 4. The number of likely N-dealkylation sites (tertiary alicyclic amines) is 1. The standard InChI is InChI=1S/C30H43N3O7.C6H12/c1-19(34)20-15-21(18-31(17-20)28(37)40-29(2,3)4)26(35)33(22-9-10-22)23-11-12-25-24(16-23)32(13-8-14-38-7)27(36)30(5,6)39-25;1-6-4-2-3-5-6/h11-12,16,20-22H,8-10,13-15,17-18H2,1-7H3;6H,2-5H2,1H3. The number of piperidine rings is 1. The molecule has 4 aliphatic rings. The van der Waals surface area contributed by atoms with Gasteiger partial charge in [-0.1, -0.05) is 32.6 Å². The topological polar surface area (TPSA) is 106 Å². The molecule has 2 aliphatic carbocycles. The van der Waals surface area contributed by atoms with E-state index >= 15 is 0 Å². The van der Waals surface area contributed by atoms with Crippen LogP contribution in [0, 0.1) is 17.8 Å². The first-order valence-corrected chi connectivity index (χ1v) is 17.1. The van der Waals surface area contributed by atoms with Crippen LogP contribution in [-0.4, -0.2) is 79.2 Å². The molecule has 3 fully saturated rings. The zero-order chi connectivity index (χ0) is 33.8. The molecule has 1 aromatic rings. The van der Waals surface area contributed by atoms with Gasteiger partial charge in [-0.2, -0.15) is 0 Å². The highest BCUT2D eigenvalue weighted by Crippen LogP contribution is 2.43. The van der Waals surface area contributed by atoms with E-state index in [1.807, 2.05) is 18.2 Å². The summed E-state index contributed by atoms with van der Waals surface area (Å²) in [6, 6.07) is 5.54. The lowest BCUT2D eigenvalue weighted by Gasteiger charge is -2.40. The average Bonchev–Trinajstić information content (AvgIpc) is 3.70. The lowest BCUT2D eigenvalue weighted by molar-refractivity contribution is -0.132. The number of anilines is 2. The van der Waals surface area contributed by atoms with E-state index in [1.54, 1.807) is 51.5 Å².